The molecule has 0 unspecified atom stereocenters. The monoisotopic (exact) mass is 116 g/mol. The lowest BCUT2D eigenvalue weighted by Crippen LogP contribution is -2.07. The molecule has 0 spiro atoms. The van der Waals surface area contributed by atoms with Crippen LogP contribution in [0.5, 0.6) is 0 Å². The highest BCUT2D eigenvalue weighted by Gasteiger charge is 2.02. The molecule has 7 heavy (non-hydrogen) atoms. The summed E-state index contributed by atoms with van der Waals surface area (Å²) in [4.78, 5) is 1.26. The molecule has 0 aromatic heterocycles. The molecule has 0 aliphatic carbocycles. The zero-order chi connectivity index (χ0) is 5.11. The van der Waals surface area contributed by atoms with Gasteiger partial charge in [0.15, 0.2) is 0 Å². The lowest BCUT2D eigenvalue weighted by molar-refractivity contribution is 0.863. The second-order valence-corrected chi connectivity index (χ2v) is 2.35. The van der Waals surface area contributed by atoms with Crippen molar-refractivity contribution in [3.05, 3.63) is 0 Å². The highest BCUT2D eigenvalue weighted by Crippen LogP contribution is 1.87. The molecule has 1 rings (SSSR count). The van der Waals surface area contributed by atoms with Gasteiger partial charge in [0.1, 0.15) is 0 Å². The van der Waals surface area contributed by atoms with Crippen molar-refractivity contribution < 1.29 is 0 Å². The van der Waals surface area contributed by atoms with Gasteiger partial charge in [0, 0.05) is 18.0 Å². The van der Waals surface area contributed by atoms with Crippen molar-refractivity contribution in [1.82, 2.24) is 5.32 Å². The standard InChI is InChI=1S/C4H8N2S/c5-7-4-1-2-6-3-4/h5-6H,1-3H2. The fraction of sp³-hybridized carbons (Fsp3) is 0.750. The summed E-state index contributed by atoms with van der Waals surface area (Å²) >= 11 is 1.14. The van der Waals surface area contributed by atoms with Crippen LogP contribution < -0.4 is 5.32 Å². The average molecular weight is 116 g/mol. The molecule has 0 radical (unpaired) electrons. The van der Waals surface area contributed by atoms with Gasteiger partial charge >= 0.3 is 0 Å². The Balaban J connectivity index is 2.57. The summed E-state index contributed by atoms with van der Waals surface area (Å²) in [5.74, 6) is 0. The molecule has 0 saturated carbocycles. The molecule has 1 saturated heterocycles. The summed E-state index contributed by atoms with van der Waals surface area (Å²) in [5.41, 5.74) is 0. The number of nitrogens with one attached hydrogen (secondary N) is 2. The third-order valence-corrected chi connectivity index (χ3v) is 1.68. The van der Waals surface area contributed by atoms with Crippen molar-refractivity contribution >= 4 is 16.0 Å². The molecule has 0 bridgehead atoms. The van der Waals surface area contributed by atoms with Gasteiger partial charge < -0.3 is 5.32 Å². The molecule has 1 fully saturated rings. The van der Waals surface area contributed by atoms with E-state index in [1.807, 2.05) is 0 Å². The fourth-order valence-electron chi connectivity index (χ4n) is 0.631. The van der Waals surface area contributed by atoms with Crippen LogP contribution >= 0.6 is 0 Å². The molecule has 3 heteroatoms. The third-order valence-electron chi connectivity index (χ3n) is 1.05. The summed E-state index contributed by atoms with van der Waals surface area (Å²) in [6.07, 6.45) is 1.09. The van der Waals surface area contributed by atoms with Gasteiger partial charge in [-0.25, -0.2) is 4.78 Å². The van der Waals surface area contributed by atoms with E-state index in [4.69, 9.17) is 4.78 Å². The lowest BCUT2D eigenvalue weighted by Gasteiger charge is -1.79. The summed E-state index contributed by atoms with van der Waals surface area (Å²) < 4.78 is 6.84. The Bertz CT molecular complexity index is 107. The van der Waals surface area contributed by atoms with Gasteiger partial charge in [-0.05, 0) is 6.42 Å². The summed E-state index contributed by atoms with van der Waals surface area (Å²) in [6, 6.07) is 0. The van der Waals surface area contributed by atoms with Gasteiger partial charge in [0.25, 0.3) is 0 Å². The van der Waals surface area contributed by atoms with Crippen molar-refractivity contribution in [3.63, 3.8) is 0 Å². The van der Waals surface area contributed by atoms with Crippen LogP contribution in [-0.2, 0) is 11.1 Å². The lowest BCUT2D eigenvalue weighted by atomic mass is 10.4. The van der Waals surface area contributed by atoms with Gasteiger partial charge in [-0.2, -0.15) is 0 Å². The smallest absolute Gasteiger partial charge is 0.0276 e. The maximum atomic E-state index is 6.84. The Morgan fingerprint density at radius 1 is 1.71 bits per heavy atom. The fourth-order valence-corrected chi connectivity index (χ4v) is 1.01. The van der Waals surface area contributed by atoms with Crippen LogP contribution in [0.25, 0.3) is 0 Å². The maximum Gasteiger partial charge on any atom is 0.0276 e. The van der Waals surface area contributed by atoms with E-state index in [0.717, 1.165) is 30.7 Å². The molecule has 2 N–H and O–H groups in total. The number of rotatable bonds is 0. The zero-order valence-corrected chi connectivity index (χ0v) is 4.85. The molecule has 0 aromatic carbocycles. The molecule has 2 nitrogen and oxygen atoms in total. The van der Waals surface area contributed by atoms with Crippen molar-refractivity contribution in [2.24, 2.45) is 0 Å². The predicted octanol–water partition coefficient (Wildman–Crippen LogP) is -0.00293. The topological polar surface area (TPSA) is 35.9 Å². The van der Waals surface area contributed by atoms with E-state index < -0.39 is 0 Å². The Hall–Kier alpha value is -0.150. The molecular weight excluding hydrogens is 108 g/mol. The van der Waals surface area contributed by atoms with Gasteiger partial charge in [0.05, 0.1) is 0 Å². The minimum atomic E-state index is 0.953. The Labute approximate surface area is 46.4 Å². The molecule has 1 heterocycles. The van der Waals surface area contributed by atoms with E-state index in [-0.39, 0.29) is 0 Å². The highest BCUT2D eigenvalue weighted by molar-refractivity contribution is 7.67. The molecule has 0 aromatic rings. The van der Waals surface area contributed by atoms with Crippen LogP contribution in [0.3, 0.4) is 0 Å². The predicted molar refractivity (Wildman–Crippen MR) is 32.6 cm³/mol. The number of hydrogen-bond acceptors (Lipinski definition) is 2. The molecule has 40 valence electrons. The first kappa shape index (κ1) is 5.00. The van der Waals surface area contributed by atoms with Gasteiger partial charge in [-0.3, -0.25) is 0 Å². The number of hydrogen-bond donors (Lipinski definition) is 2. The first-order valence-electron chi connectivity index (χ1n) is 2.32. The second kappa shape index (κ2) is 2.23. The second-order valence-electron chi connectivity index (χ2n) is 1.57. The van der Waals surface area contributed by atoms with E-state index in [9.17, 15) is 0 Å². The van der Waals surface area contributed by atoms with Crippen LogP contribution in [0.1, 0.15) is 6.42 Å². The zero-order valence-electron chi connectivity index (χ0n) is 4.03. The SMILES string of the molecule is N=S=C1CCNC1. The van der Waals surface area contributed by atoms with Gasteiger partial charge in [-0.1, -0.05) is 11.1 Å². The molecular formula is C4H8N2S. The Morgan fingerprint density at radius 2 is 2.57 bits per heavy atom. The van der Waals surface area contributed by atoms with Gasteiger partial charge in [0.2, 0.25) is 0 Å². The first-order chi connectivity index (χ1) is 3.43. The summed E-state index contributed by atoms with van der Waals surface area (Å²) in [6.45, 7) is 2.02. The third kappa shape index (κ3) is 1.11. The normalized spacial score (nSPS) is 20.3. The first-order valence-corrected chi connectivity index (χ1v) is 3.14. The minimum Gasteiger partial charge on any atom is -0.312 e. The Kier molecular flexibility index (Phi) is 1.59. The maximum absolute atomic E-state index is 6.84. The van der Waals surface area contributed by atoms with Crippen molar-refractivity contribution in [1.29, 1.82) is 4.78 Å². The van der Waals surface area contributed by atoms with E-state index in [2.05, 4.69) is 5.32 Å². The van der Waals surface area contributed by atoms with Crippen LogP contribution in [0.2, 0.25) is 0 Å². The molecule has 1 aliphatic rings. The quantitative estimate of drug-likeness (QED) is 0.429. The molecule has 0 amide bonds. The van der Waals surface area contributed by atoms with Crippen molar-refractivity contribution in [2.75, 3.05) is 13.1 Å². The summed E-state index contributed by atoms with van der Waals surface area (Å²) in [5, 5.41) is 3.15. The van der Waals surface area contributed by atoms with Crippen LogP contribution in [0.15, 0.2) is 0 Å². The van der Waals surface area contributed by atoms with Crippen LogP contribution in [-0.4, -0.2) is 18.0 Å². The van der Waals surface area contributed by atoms with Gasteiger partial charge in [-0.15, -0.1) is 0 Å². The molecule has 0 atom stereocenters. The summed E-state index contributed by atoms with van der Waals surface area (Å²) in [7, 11) is 0. The average Bonchev–Trinajstić information content (AvgIpc) is 2.14. The van der Waals surface area contributed by atoms with E-state index >= 15 is 0 Å². The van der Waals surface area contributed by atoms with E-state index in [1.54, 1.807) is 0 Å². The van der Waals surface area contributed by atoms with E-state index in [0.29, 0.717) is 0 Å². The Morgan fingerprint density at radius 3 is 2.86 bits per heavy atom. The van der Waals surface area contributed by atoms with E-state index in [1.165, 1.54) is 4.86 Å². The van der Waals surface area contributed by atoms with Crippen LogP contribution in [0.4, 0.5) is 0 Å². The highest BCUT2D eigenvalue weighted by atomic mass is 32.1. The van der Waals surface area contributed by atoms with Crippen molar-refractivity contribution in [3.8, 4) is 0 Å². The largest absolute Gasteiger partial charge is 0.312 e. The van der Waals surface area contributed by atoms with Crippen molar-refractivity contribution in [2.45, 2.75) is 6.42 Å². The minimum absolute atomic E-state index is 0.953. The van der Waals surface area contributed by atoms with Crippen LogP contribution in [0, 0.1) is 4.78 Å². The molecule has 1 aliphatic heterocycles.